The molecule has 1 heterocycles. The molecule has 6 nitrogen and oxygen atoms in total. The predicted molar refractivity (Wildman–Crippen MR) is 68.9 cm³/mol. The van der Waals surface area contributed by atoms with E-state index in [4.69, 9.17) is 4.74 Å². The molecule has 2 atom stereocenters. The number of rotatable bonds is 4. The molecule has 9 heteroatoms. The van der Waals surface area contributed by atoms with Gasteiger partial charge in [-0.1, -0.05) is 6.07 Å². The van der Waals surface area contributed by atoms with E-state index >= 15 is 0 Å². The monoisotopic (exact) mass is 323 g/mol. The highest BCUT2D eigenvalue weighted by atomic mass is 32.3. The van der Waals surface area contributed by atoms with Crippen LogP contribution in [0.5, 0.6) is 0 Å². The highest BCUT2D eigenvalue weighted by molar-refractivity contribution is 7.89. The van der Waals surface area contributed by atoms with Crippen LogP contribution < -0.4 is 4.72 Å². The maximum atomic E-state index is 12.9. The van der Waals surface area contributed by atoms with Crippen molar-refractivity contribution in [3.05, 3.63) is 24.3 Å². The summed E-state index contributed by atoms with van der Waals surface area (Å²) in [5.74, 6) is 0. The summed E-state index contributed by atoms with van der Waals surface area (Å²) in [5.41, 5.74) is 0. The van der Waals surface area contributed by atoms with Crippen LogP contribution in [-0.2, 0) is 25.0 Å². The number of hydrogen-bond donors (Lipinski definition) is 1. The summed E-state index contributed by atoms with van der Waals surface area (Å²) in [4.78, 5) is -0.980. The van der Waals surface area contributed by atoms with Crippen molar-refractivity contribution in [3.8, 4) is 0 Å². The zero-order valence-corrected chi connectivity index (χ0v) is 12.2. The first-order valence-electron chi connectivity index (χ1n) is 5.89. The van der Waals surface area contributed by atoms with Gasteiger partial charge in [0, 0.05) is 6.61 Å². The number of hydrogen-bond acceptors (Lipinski definition) is 5. The molecule has 20 heavy (non-hydrogen) atoms. The van der Waals surface area contributed by atoms with E-state index in [1.54, 1.807) is 6.92 Å². The zero-order valence-electron chi connectivity index (χ0n) is 10.6. The molecule has 1 saturated heterocycles. The van der Waals surface area contributed by atoms with Crippen molar-refractivity contribution >= 4 is 20.2 Å². The highest BCUT2D eigenvalue weighted by Gasteiger charge is 2.29. The Kier molecular flexibility index (Phi) is 4.14. The first-order valence-corrected chi connectivity index (χ1v) is 8.75. The zero-order chi connectivity index (χ0) is 15.0. The molecule has 0 amide bonds. The Morgan fingerprint density at radius 3 is 2.45 bits per heavy atom. The molecule has 0 aliphatic carbocycles. The summed E-state index contributed by atoms with van der Waals surface area (Å²) < 4.78 is 66.4. The molecule has 0 bridgehead atoms. The van der Waals surface area contributed by atoms with Gasteiger partial charge in [-0.25, -0.2) is 13.1 Å². The molecule has 1 aromatic rings. The van der Waals surface area contributed by atoms with Crippen molar-refractivity contribution < 1.29 is 25.5 Å². The highest BCUT2D eigenvalue weighted by Crippen LogP contribution is 2.20. The second kappa shape index (κ2) is 5.40. The van der Waals surface area contributed by atoms with E-state index in [1.807, 2.05) is 0 Å². The summed E-state index contributed by atoms with van der Waals surface area (Å²) in [5, 5.41) is 0. The quantitative estimate of drug-likeness (QED) is 0.828. The molecule has 2 unspecified atom stereocenters. The number of nitrogens with one attached hydrogen (secondary N) is 1. The summed E-state index contributed by atoms with van der Waals surface area (Å²) in [6, 6.07) is 3.78. The third-order valence-corrected chi connectivity index (χ3v) is 5.38. The lowest BCUT2D eigenvalue weighted by Crippen LogP contribution is -2.39. The largest absolute Gasteiger partial charge is 0.377 e. The molecule has 1 fully saturated rings. The van der Waals surface area contributed by atoms with Crippen LogP contribution >= 0.6 is 0 Å². The van der Waals surface area contributed by atoms with Crippen molar-refractivity contribution in [2.45, 2.75) is 35.3 Å². The molecule has 0 radical (unpaired) electrons. The average Bonchev–Trinajstić information content (AvgIpc) is 2.73. The Labute approximate surface area is 117 Å². The van der Waals surface area contributed by atoms with E-state index in [-0.39, 0.29) is 17.0 Å². The molecule has 1 aliphatic heterocycles. The van der Waals surface area contributed by atoms with Crippen molar-refractivity contribution in [3.63, 3.8) is 0 Å². The van der Waals surface area contributed by atoms with Crippen LogP contribution in [0.4, 0.5) is 3.89 Å². The number of benzene rings is 1. The van der Waals surface area contributed by atoms with Crippen LogP contribution in [0.1, 0.15) is 13.3 Å². The minimum absolute atomic E-state index is 0.266. The van der Waals surface area contributed by atoms with Gasteiger partial charge in [-0.05, 0) is 31.5 Å². The Morgan fingerprint density at radius 1 is 1.25 bits per heavy atom. The van der Waals surface area contributed by atoms with E-state index in [2.05, 4.69) is 4.72 Å². The van der Waals surface area contributed by atoms with Crippen LogP contribution in [0.2, 0.25) is 0 Å². The van der Waals surface area contributed by atoms with Gasteiger partial charge < -0.3 is 4.74 Å². The Morgan fingerprint density at radius 2 is 1.90 bits per heavy atom. The number of sulfonamides is 1. The van der Waals surface area contributed by atoms with Gasteiger partial charge >= 0.3 is 10.2 Å². The van der Waals surface area contributed by atoms with E-state index < -0.39 is 25.1 Å². The normalized spacial score (nSPS) is 23.9. The van der Waals surface area contributed by atoms with E-state index in [1.165, 1.54) is 12.1 Å². The second-order valence-electron chi connectivity index (χ2n) is 4.51. The van der Waals surface area contributed by atoms with Crippen LogP contribution in [0, 0.1) is 0 Å². The van der Waals surface area contributed by atoms with E-state index in [0.29, 0.717) is 13.0 Å². The molecule has 1 N–H and O–H groups in total. The van der Waals surface area contributed by atoms with Gasteiger partial charge in [-0.2, -0.15) is 8.42 Å². The molecule has 0 saturated carbocycles. The lowest BCUT2D eigenvalue weighted by Gasteiger charge is -2.16. The second-order valence-corrected chi connectivity index (χ2v) is 7.57. The molecule has 0 spiro atoms. The smallest absolute Gasteiger partial charge is 0.332 e. The maximum Gasteiger partial charge on any atom is 0.332 e. The van der Waals surface area contributed by atoms with E-state index in [9.17, 15) is 20.7 Å². The van der Waals surface area contributed by atoms with Gasteiger partial charge in [-0.3, -0.25) is 0 Å². The Hall–Kier alpha value is -1.03. The molecule has 2 rings (SSSR count). The third-order valence-electron chi connectivity index (χ3n) is 3.08. The molecule has 112 valence electrons. The van der Waals surface area contributed by atoms with Gasteiger partial charge in [0.2, 0.25) is 10.0 Å². The minimum Gasteiger partial charge on any atom is -0.377 e. The molecular weight excluding hydrogens is 309 g/mol. The minimum atomic E-state index is -4.94. The van der Waals surface area contributed by atoms with Crippen molar-refractivity contribution in [1.82, 2.24) is 4.72 Å². The van der Waals surface area contributed by atoms with Crippen LogP contribution in [-0.4, -0.2) is 35.6 Å². The number of halogens is 1. The molecular formula is C11H14FNO5S2. The predicted octanol–water partition coefficient (Wildman–Crippen LogP) is 0.800. The van der Waals surface area contributed by atoms with Crippen molar-refractivity contribution in [2.24, 2.45) is 0 Å². The van der Waals surface area contributed by atoms with Gasteiger partial charge in [0.1, 0.15) is 0 Å². The summed E-state index contributed by atoms with van der Waals surface area (Å²) in [7, 11) is -8.86. The maximum absolute atomic E-state index is 12.9. The van der Waals surface area contributed by atoms with Gasteiger partial charge in [0.15, 0.2) is 0 Å². The van der Waals surface area contributed by atoms with Crippen LogP contribution in [0.15, 0.2) is 34.1 Å². The molecule has 1 aromatic carbocycles. The fourth-order valence-corrected chi connectivity index (χ4v) is 3.91. The molecule has 1 aliphatic rings. The fourth-order valence-electron chi connectivity index (χ4n) is 1.95. The Bertz CT molecular complexity index is 701. The topological polar surface area (TPSA) is 89.5 Å². The van der Waals surface area contributed by atoms with Crippen molar-refractivity contribution in [1.29, 1.82) is 0 Å². The van der Waals surface area contributed by atoms with E-state index in [0.717, 1.165) is 12.1 Å². The lowest BCUT2D eigenvalue weighted by atomic mass is 10.2. The average molecular weight is 323 g/mol. The fraction of sp³-hybridized carbons (Fsp3) is 0.455. The summed E-state index contributed by atoms with van der Waals surface area (Å²) >= 11 is 0. The van der Waals surface area contributed by atoms with Gasteiger partial charge in [0.25, 0.3) is 0 Å². The third kappa shape index (κ3) is 3.35. The van der Waals surface area contributed by atoms with Gasteiger partial charge in [0.05, 0.1) is 21.9 Å². The Balaban J connectivity index is 2.30. The summed E-state index contributed by atoms with van der Waals surface area (Å²) in [6.07, 6.45) is 0.263. The molecule has 0 aromatic heterocycles. The summed E-state index contributed by atoms with van der Waals surface area (Å²) in [6.45, 7) is 2.19. The SMILES string of the molecule is CC1OCCC1NS(=O)(=O)c1cccc(S(=O)(=O)F)c1. The number of ether oxygens (including phenoxy) is 1. The lowest BCUT2D eigenvalue weighted by molar-refractivity contribution is 0.117. The van der Waals surface area contributed by atoms with Crippen LogP contribution in [0.3, 0.4) is 0 Å². The van der Waals surface area contributed by atoms with Crippen molar-refractivity contribution in [2.75, 3.05) is 6.61 Å². The first-order chi connectivity index (χ1) is 9.20. The first kappa shape index (κ1) is 15.4. The van der Waals surface area contributed by atoms with Gasteiger partial charge in [-0.15, -0.1) is 3.89 Å². The van der Waals surface area contributed by atoms with Crippen LogP contribution in [0.25, 0.3) is 0 Å². The standard InChI is InChI=1S/C11H14FNO5S2/c1-8-11(5-6-18-8)13-20(16,17)10-4-2-3-9(7-10)19(12,14)15/h2-4,7-8,11,13H,5-6H2,1H3.